The zero-order valence-corrected chi connectivity index (χ0v) is 7.99. The molecule has 0 aromatic rings. The normalized spacial score (nSPS) is 28.0. The van der Waals surface area contributed by atoms with E-state index in [1.165, 1.54) is 0 Å². The molecule has 0 bridgehead atoms. The molecule has 1 aliphatic rings. The highest BCUT2D eigenvalue weighted by molar-refractivity contribution is 5.73. The third-order valence-electron chi connectivity index (χ3n) is 2.39. The molecule has 0 radical (unpaired) electrons. The summed E-state index contributed by atoms with van der Waals surface area (Å²) in [5.41, 5.74) is 2.64. The third kappa shape index (κ3) is 2.62. The van der Waals surface area contributed by atoms with Crippen LogP contribution in [0.25, 0.3) is 0 Å². The smallest absolute Gasteiger partial charge is 0.320 e. The van der Waals surface area contributed by atoms with Crippen molar-refractivity contribution in [1.82, 2.24) is 10.8 Å². The standard InChI is InChI=1S/C9H14N2O3/c1-3-14-11-6(2)7-4-5-8(10-7)9(12)13/h1,6-8,10-11H,4-5H2,2H3,(H,12,13)/t6?,7-,8-/m1/s1. The van der Waals surface area contributed by atoms with Crippen LogP contribution < -0.4 is 10.8 Å². The lowest BCUT2D eigenvalue weighted by atomic mass is 10.1. The molecule has 1 aliphatic heterocycles. The SMILES string of the molecule is C#CONC(C)[C@H]1CC[C@H](C(=O)O)N1. The van der Waals surface area contributed by atoms with Crippen LogP contribution in [-0.2, 0) is 9.63 Å². The Kier molecular flexibility index (Phi) is 3.74. The zero-order chi connectivity index (χ0) is 10.6. The van der Waals surface area contributed by atoms with Crippen molar-refractivity contribution in [3.63, 3.8) is 0 Å². The minimum atomic E-state index is -0.808. The summed E-state index contributed by atoms with van der Waals surface area (Å²) in [6, 6.07) is -0.366. The van der Waals surface area contributed by atoms with Crippen molar-refractivity contribution in [3.8, 4) is 12.5 Å². The summed E-state index contributed by atoms with van der Waals surface area (Å²) in [5, 5.41) is 11.7. The average Bonchev–Trinajstić information content (AvgIpc) is 2.62. The van der Waals surface area contributed by atoms with E-state index in [-0.39, 0.29) is 12.1 Å². The van der Waals surface area contributed by atoms with Gasteiger partial charge in [0.25, 0.3) is 0 Å². The number of hydrogen-bond acceptors (Lipinski definition) is 4. The van der Waals surface area contributed by atoms with Crippen molar-refractivity contribution in [1.29, 1.82) is 0 Å². The number of carboxylic acid groups (broad SMARTS) is 1. The van der Waals surface area contributed by atoms with Crippen LogP contribution in [0, 0.1) is 12.5 Å². The van der Waals surface area contributed by atoms with Crippen molar-refractivity contribution in [3.05, 3.63) is 0 Å². The second-order valence-corrected chi connectivity index (χ2v) is 3.37. The molecule has 1 fully saturated rings. The number of carboxylic acids is 1. The van der Waals surface area contributed by atoms with E-state index in [1.54, 1.807) is 0 Å². The Balaban J connectivity index is 2.34. The second kappa shape index (κ2) is 4.84. The molecule has 3 N–H and O–H groups in total. The number of aliphatic carboxylic acids is 1. The van der Waals surface area contributed by atoms with E-state index in [1.807, 2.05) is 13.0 Å². The van der Waals surface area contributed by atoms with Crippen LogP contribution in [0.4, 0.5) is 0 Å². The van der Waals surface area contributed by atoms with E-state index in [9.17, 15) is 4.79 Å². The highest BCUT2D eigenvalue weighted by Crippen LogP contribution is 2.15. The van der Waals surface area contributed by atoms with E-state index in [2.05, 4.69) is 15.6 Å². The molecule has 1 heterocycles. The molecule has 5 nitrogen and oxygen atoms in total. The largest absolute Gasteiger partial charge is 0.480 e. The van der Waals surface area contributed by atoms with Gasteiger partial charge in [-0.3, -0.25) is 10.1 Å². The molecule has 5 heteroatoms. The number of nitrogens with one attached hydrogen (secondary N) is 2. The van der Waals surface area contributed by atoms with E-state index >= 15 is 0 Å². The van der Waals surface area contributed by atoms with E-state index in [0.29, 0.717) is 6.42 Å². The van der Waals surface area contributed by atoms with Gasteiger partial charge in [-0.1, -0.05) is 6.42 Å². The van der Waals surface area contributed by atoms with Crippen LogP contribution in [0.5, 0.6) is 0 Å². The minimum Gasteiger partial charge on any atom is -0.480 e. The van der Waals surface area contributed by atoms with Gasteiger partial charge >= 0.3 is 5.97 Å². The Morgan fingerprint density at radius 2 is 2.50 bits per heavy atom. The first kappa shape index (κ1) is 10.8. The monoisotopic (exact) mass is 198 g/mol. The Labute approximate surface area is 82.8 Å². The number of hydrogen-bond donors (Lipinski definition) is 3. The molecule has 1 unspecified atom stereocenters. The molecule has 1 rings (SSSR count). The number of carbonyl (C=O) groups is 1. The Bertz CT molecular complexity index is 249. The molecule has 0 amide bonds. The summed E-state index contributed by atoms with van der Waals surface area (Å²) < 4.78 is 0. The van der Waals surface area contributed by atoms with Gasteiger partial charge in [0, 0.05) is 6.04 Å². The zero-order valence-electron chi connectivity index (χ0n) is 7.99. The Hall–Kier alpha value is -1.25. The highest BCUT2D eigenvalue weighted by Gasteiger charge is 2.31. The first-order valence-electron chi connectivity index (χ1n) is 4.51. The summed E-state index contributed by atoms with van der Waals surface area (Å²) in [6.07, 6.45) is 8.35. The maximum Gasteiger partial charge on any atom is 0.320 e. The fourth-order valence-corrected chi connectivity index (χ4v) is 1.57. The van der Waals surface area contributed by atoms with Gasteiger partial charge in [0.05, 0.1) is 6.04 Å². The fourth-order valence-electron chi connectivity index (χ4n) is 1.57. The fraction of sp³-hybridized carbons (Fsp3) is 0.667. The van der Waals surface area contributed by atoms with Crippen molar-refractivity contribution >= 4 is 5.97 Å². The average molecular weight is 198 g/mol. The predicted molar refractivity (Wildman–Crippen MR) is 50.1 cm³/mol. The van der Waals surface area contributed by atoms with Crippen LogP contribution in [0.15, 0.2) is 0 Å². The first-order valence-corrected chi connectivity index (χ1v) is 4.51. The molecular formula is C9H14N2O3. The number of rotatable bonds is 4. The maximum absolute atomic E-state index is 10.6. The summed E-state index contributed by atoms with van der Waals surface area (Å²) in [6.45, 7) is 1.89. The van der Waals surface area contributed by atoms with Crippen molar-refractivity contribution in [2.24, 2.45) is 0 Å². The maximum atomic E-state index is 10.6. The van der Waals surface area contributed by atoms with E-state index in [4.69, 9.17) is 11.5 Å². The van der Waals surface area contributed by atoms with Crippen molar-refractivity contribution in [2.75, 3.05) is 0 Å². The van der Waals surface area contributed by atoms with Gasteiger partial charge in [0.15, 0.2) is 0 Å². The molecule has 1 saturated heterocycles. The van der Waals surface area contributed by atoms with Crippen LogP contribution in [0.3, 0.4) is 0 Å². The van der Waals surface area contributed by atoms with Crippen LogP contribution >= 0.6 is 0 Å². The molecule has 0 aromatic carbocycles. The van der Waals surface area contributed by atoms with Crippen molar-refractivity contribution < 1.29 is 14.7 Å². The lowest BCUT2D eigenvalue weighted by molar-refractivity contribution is -0.139. The summed E-state index contributed by atoms with van der Waals surface area (Å²) in [5.74, 6) is -0.808. The topological polar surface area (TPSA) is 70.6 Å². The number of hydroxylamine groups is 1. The molecule has 3 atom stereocenters. The Morgan fingerprint density at radius 1 is 1.79 bits per heavy atom. The molecule has 0 spiro atoms. The number of terminal acetylenes is 1. The van der Waals surface area contributed by atoms with Crippen molar-refractivity contribution in [2.45, 2.75) is 37.9 Å². The van der Waals surface area contributed by atoms with Gasteiger partial charge in [-0.15, -0.1) is 5.48 Å². The van der Waals surface area contributed by atoms with Gasteiger partial charge in [0.2, 0.25) is 0 Å². The van der Waals surface area contributed by atoms with Crippen LogP contribution in [-0.4, -0.2) is 29.2 Å². The van der Waals surface area contributed by atoms with Gasteiger partial charge in [-0.25, -0.2) is 0 Å². The Morgan fingerprint density at radius 3 is 3.00 bits per heavy atom. The lowest BCUT2D eigenvalue weighted by Crippen LogP contribution is -2.46. The van der Waals surface area contributed by atoms with E-state index < -0.39 is 12.0 Å². The first-order chi connectivity index (χ1) is 6.65. The molecule has 0 aliphatic carbocycles. The summed E-state index contributed by atoms with van der Waals surface area (Å²) in [4.78, 5) is 15.2. The molecule has 0 aromatic heterocycles. The second-order valence-electron chi connectivity index (χ2n) is 3.37. The summed E-state index contributed by atoms with van der Waals surface area (Å²) >= 11 is 0. The quantitative estimate of drug-likeness (QED) is 0.427. The van der Waals surface area contributed by atoms with E-state index in [0.717, 1.165) is 6.42 Å². The third-order valence-corrected chi connectivity index (χ3v) is 2.39. The van der Waals surface area contributed by atoms with Crippen LogP contribution in [0.2, 0.25) is 0 Å². The van der Waals surface area contributed by atoms with Gasteiger partial charge in [0.1, 0.15) is 12.1 Å². The molecular weight excluding hydrogens is 184 g/mol. The summed E-state index contributed by atoms with van der Waals surface area (Å²) in [7, 11) is 0. The van der Waals surface area contributed by atoms with Crippen LogP contribution in [0.1, 0.15) is 19.8 Å². The van der Waals surface area contributed by atoms with Gasteiger partial charge in [-0.2, -0.15) is 0 Å². The minimum absolute atomic E-state index is 0.00426. The molecule has 78 valence electrons. The predicted octanol–water partition coefficient (Wildman–Crippen LogP) is -0.308. The lowest BCUT2D eigenvalue weighted by Gasteiger charge is -2.19. The van der Waals surface area contributed by atoms with Gasteiger partial charge in [-0.05, 0) is 19.8 Å². The molecule has 0 saturated carbocycles. The molecule has 14 heavy (non-hydrogen) atoms. The van der Waals surface area contributed by atoms with Gasteiger partial charge < -0.3 is 9.94 Å². The highest BCUT2D eigenvalue weighted by atomic mass is 16.6.